The monoisotopic (exact) mass is 519 g/mol. The molecule has 6 nitrogen and oxygen atoms in total. The second kappa shape index (κ2) is 12.3. The minimum atomic E-state index is -0.123. The standard InChI is InChI=1S/C22H41N5O.HI/c1-2-24-21(27-17-12-22(18-27)10-4-3-5-11-22)25-13-6-7-14-26-15-8-19(9-16-26)20(23)28;/h19H,2-18H2,1H3,(H2,23,28)(H,24,25);1H. The molecule has 0 unspecified atom stereocenters. The lowest BCUT2D eigenvalue weighted by Gasteiger charge is -2.33. The van der Waals surface area contributed by atoms with Crippen LogP contribution in [0.15, 0.2) is 4.99 Å². The average molecular weight is 520 g/mol. The van der Waals surface area contributed by atoms with Crippen molar-refractivity contribution in [3.63, 3.8) is 0 Å². The molecule has 3 rings (SSSR count). The summed E-state index contributed by atoms with van der Waals surface area (Å²) in [6.07, 6.45) is 12.6. The summed E-state index contributed by atoms with van der Waals surface area (Å²) in [6, 6.07) is 0. The quantitative estimate of drug-likeness (QED) is 0.235. The van der Waals surface area contributed by atoms with Gasteiger partial charge in [-0.3, -0.25) is 9.79 Å². The van der Waals surface area contributed by atoms with Gasteiger partial charge >= 0.3 is 0 Å². The van der Waals surface area contributed by atoms with Crippen molar-refractivity contribution in [1.82, 2.24) is 15.1 Å². The average Bonchev–Trinajstić information content (AvgIpc) is 3.11. The molecule has 2 saturated heterocycles. The highest BCUT2D eigenvalue weighted by Crippen LogP contribution is 2.43. The number of nitrogens with two attached hydrogens (primary N) is 1. The molecule has 1 saturated carbocycles. The molecule has 0 aromatic rings. The molecule has 0 bridgehead atoms. The molecule has 0 aromatic carbocycles. The number of guanidine groups is 1. The molecule has 7 heteroatoms. The van der Waals surface area contributed by atoms with Gasteiger partial charge in [0.2, 0.25) is 5.91 Å². The number of hydrogen-bond acceptors (Lipinski definition) is 3. The van der Waals surface area contributed by atoms with Crippen molar-refractivity contribution in [2.24, 2.45) is 22.1 Å². The van der Waals surface area contributed by atoms with E-state index in [4.69, 9.17) is 10.7 Å². The fraction of sp³-hybridized carbons (Fsp3) is 0.909. The second-order valence-electron chi connectivity index (χ2n) is 9.19. The third-order valence-corrected chi connectivity index (χ3v) is 7.12. The number of likely N-dealkylation sites (tertiary alicyclic amines) is 2. The summed E-state index contributed by atoms with van der Waals surface area (Å²) in [5.74, 6) is 1.10. The smallest absolute Gasteiger partial charge is 0.220 e. The Balaban J connectivity index is 0.00000300. The Hall–Kier alpha value is -0.570. The Labute approximate surface area is 194 Å². The molecule has 29 heavy (non-hydrogen) atoms. The van der Waals surface area contributed by atoms with Crippen LogP contribution < -0.4 is 11.1 Å². The van der Waals surface area contributed by atoms with Crippen molar-refractivity contribution in [3.8, 4) is 0 Å². The maximum atomic E-state index is 11.3. The number of carbonyl (C=O) groups excluding carboxylic acids is 1. The van der Waals surface area contributed by atoms with Crippen LogP contribution in [-0.2, 0) is 4.79 Å². The molecule has 0 radical (unpaired) electrons. The highest BCUT2D eigenvalue weighted by molar-refractivity contribution is 14.0. The van der Waals surface area contributed by atoms with Crippen LogP contribution in [0.3, 0.4) is 0 Å². The highest BCUT2D eigenvalue weighted by atomic mass is 127. The van der Waals surface area contributed by atoms with Gasteiger partial charge in [-0.15, -0.1) is 24.0 Å². The largest absolute Gasteiger partial charge is 0.369 e. The van der Waals surface area contributed by atoms with E-state index in [1.807, 2.05) is 0 Å². The minimum Gasteiger partial charge on any atom is -0.369 e. The summed E-state index contributed by atoms with van der Waals surface area (Å²) in [5.41, 5.74) is 6.00. The van der Waals surface area contributed by atoms with Gasteiger partial charge in [-0.05, 0) is 76.9 Å². The van der Waals surface area contributed by atoms with Crippen LogP contribution in [0.1, 0.15) is 71.1 Å². The van der Waals surface area contributed by atoms with Crippen LogP contribution in [0, 0.1) is 11.3 Å². The summed E-state index contributed by atoms with van der Waals surface area (Å²) in [7, 11) is 0. The zero-order valence-electron chi connectivity index (χ0n) is 18.3. The van der Waals surface area contributed by atoms with Crippen molar-refractivity contribution in [3.05, 3.63) is 0 Å². The summed E-state index contributed by atoms with van der Waals surface area (Å²) in [5, 5.41) is 3.52. The first-order valence-electron chi connectivity index (χ1n) is 11.7. The molecule has 1 aliphatic carbocycles. The zero-order chi connectivity index (χ0) is 19.8. The lowest BCUT2D eigenvalue weighted by molar-refractivity contribution is -0.123. The number of amides is 1. The van der Waals surface area contributed by atoms with Crippen molar-refractivity contribution in [2.45, 2.75) is 71.1 Å². The Morgan fingerprint density at radius 1 is 1.10 bits per heavy atom. The number of nitrogens with zero attached hydrogens (tertiary/aromatic N) is 3. The van der Waals surface area contributed by atoms with Gasteiger partial charge in [0, 0.05) is 32.1 Å². The van der Waals surface area contributed by atoms with Gasteiger partial charge in [-0.2, -0.15) is 0 Å². The number of nitrogens with one attached hydrogen (secondary N) is 1. The number of rotatable bonds is 7. The third kappa shape index (κ3) is 7.26. The molecule has 3 N–H and O–H groups in total. The van der Waals surface area contributed by atoms with E-state index < -0.39 is 0 Å². The van der Waals surface area contributed by atoms with Crippen LogP contribution in [0.4, 0.5) is 0 Å². The van der Waals surface area contributed by atoms with Gasteiger partial charge in [0.1, 0.15) is 0 Å². The predicted octanol–water partition coefficient (Wildman–Crippen LogP) is 3.20. The van der Waals surface area contributed by atoms with E-state index in [0.29, 0.717) is 5.41 Å². The molecule has 0 atom stereocenters. The van der Waals surface area contributed by atoms with Crippen molar-refractivity contribution in [1.29, 1.82) is 0 Å². The zero-order valence-corrected chi connectivity index (χ0v) is 20.7. The molecule has 168 valence electrons. The molecular formula is C22H42IN5O. The fourth-order valence-corrected chi connectivity index (χ4v) is 5.32. The molecular weight excluding hydrogens is 477 g/mol. The summed E-state index contributed by atoms with van der Waals surface area (Å²) < 4.78 is 0. The maximum Gasteiger partial charge on any atom is 0.220 e. The predicted molar refractivity (Wildman–Crippen MR) is 131 cm³/mol. The van der Waals surface area contributed by atoms with Gasteiger partial charge in [0.25, 0.3) is 0 Å². The minimum absolute atomic E-state index is 0. The van der Waals surface area contributed by atoms with Crippen LogP contribution >= 0.6 is 24.0 Å². The van der Waals surface area contributed by atoms with Gasteiger partial charge in [-0.1, -0.05) is 19.3 Å². The van der Waals surface area contributed by atoms with Crippen LogP contribution in [0.25, 0.3) is 0 Å². The van der Waals surface area contributed by atoms with Crippen LogP contribution in [0.5, 0.6) is 0 Å². The molecule has 2 aliphatic heterocycles. The Bertz CT molecular complexity index is 527. The van der Waals surface area contributed by atoms with Gasteiger partial charge in [0.05, 0.1) is 0 Å². The van der Waals surface area contributed by atoms with Crippen molar-refractivity contribution >= 4 is 35.8 Å². The number of hydrogen-bond donors (Lipinski definition) is 2. The Morgan fingerprint density at radius 3 is 2.48 bits per heavy atom. The number of primary amides is 1. The van der Waals surface area contributed by atoms with E-state index in [-0.39, 0.29) is 35.8 Å². The lowest BCUT2D eigenvalue weighted by atomic mass is 9.73. The molecule has 3 fully saturated rings. The number of unbranched alkanes of at least 4 members (excludes halogenated alkanes) is 1. The summed E-state index contributed by atoms with van der Waals surface area (Å²) >= 11 is 0. The van der Waals surface area contributed by atoms with Gasteiger partial charge in [-0.25, -0.2) is 0 Å². The Kier molecular flexibility index (Phi) is 10.5. The van der Waals surface area contributed by atoms with Crippen molar-refractivity contribution in [2.75, 3.05) is 45.8 Å². The first kappa shape index (κ1) is 24.7. The highest BCUT2D eigenvalue weighted by Gasteiger charge is 2.39. The van der Waals surface area contributed by atoms with Gasteiger partial charge < -0.3 is 20.9 Å². The number of piperidine rings is 1. The second-order valence-corrected chi connectivity index (χ2v) is 9.19. The first-order valence-corrected chi connectivity index (χ1v) is 11.7. The van der Waals surface area contributed by atoms with E-state index in [0.717, 1.165) is 57.9 Å². The normalized spacial score (nSPS) is 23.2. The van der Waals surface area contributed by atoms with Crippen LogP contribution in [0.2, 0.25) is 0 Å². The third-order valence-electron chi connectivity index (χ3n) is 7.12. The van der Waals surface area contributed by atoms with E-state index in [9.17, 15) is 4.79 Å². The van der Waals surface area contributed by atoms with E-state index in [1.54, 1.807) is 0 Å². The molecule has 1 amide bonds. The first-order chi connectivity index (χ1) is 13.6. The molecule has 1 spiro atoms. The van der Waals surface area contributed by atoms with E-state index in [2.05, 4.69) is 22.0 Å². The number of carbonyl (C=O) groups is 1. The number of halogens is 1. The van der Waals surface area contributed by atoms with Crippen molar-refractivity contribution < 1.29 is 4.79 Å². The van der Waals surface area contributed by atoms with Crippen LogP contribution in [-0.4, -0.2) is 67.5 Å². The summed E-state index contributed by atoms with van der Waals surface area (Å²) in [4.78, 5) is 21.2. The van der Waals surface area contributed by atoms with Gasteiger partial charge in [0.15, 0.2) is 5.96 Å². The van der Waals surface area contributed by atoms with E-state index >= 15 is 0 Å². The maximum absolute atomic E-state index is 11.3. The molecule has 0 aromatic heterocycles. The topological polar surface area (TPSA) is 74.0 Å². The Morgan fingerprint density at radius 2 is 1.83 bits per heavy atom. The molecule has 2 heterocycles. The fourth-order valence-electron chi connectivity index (χ4n) is 5.32. The molecule has 3 aliphatic rings. The van der Waals surface area contributed by atoms with E-state index in [1.165, 1.54) is 58.0 Å². The lowest BCUT2D eigenvalue weighted by Crippen LogP contribution is -2.41. The number of aliphatic imine (C=N–C) groups is 1. The summed E-state index contributed by atoms with van der Waals surface area (Å²) in [6.45, 7) is 9.52. The SMILES string of the molecule is CCNC(=NCCCCN1CCC(C(N)=O)CC1)N1CCC2(CCCCC2)C1.I.